The molecular formula is C13H19ClO4. The molecule has 0 aromatic rings. The zero-order valence-corrected chi connectivity index (χ0v) is 11.8. The quantitative estimate of drug-likeness (QED) is 0.571. The topological polar surface area (TPSA) is 52.6 Å². The molecular weight excluding hydrogens is 256 g/mol. The monoisotopic (exact) mass is 274 g/mol. The fraction of sp³-hybridized carbons (Fsp3) is 0.692. The molecule has 0 spiro atoms. The van der Waals surface area contributed by atoms with Crippen molar-refractivity contribution in [3.8, 4) is 0 Å². The highest BCUT2D eigenvalue weighted by molar-refractivity contribution is 6.20. The van der Waals surface area contributed by atoms with E-state index in [4.69, 9.17) is 21.1 Å². The van der Waals surface area contributed by atoms with Crippen molar-refractivity contribution in [3.05, 3.63) is 11.8 Å². The largest absolute Gasteiger partial charge is 0.501 e. The molecule has 1 aliphatic carbocycles. The van der Waals surface area contributed by atoms with Crippen LogP contribution < -0.4 is 0 Å². The molecule has 1 aliphatic rings. The van der Waals surface area contributed by atoms with Crippen LogP contribution in [0.3, 0.4) is 0 Å². The Morgan fingerprint density at radius 1 is 1.50 bits per heavy atom. The van der Waals surface area contributed by atoms with Crippen molar-refractivity contribution in [2.75, 3.05) is 14.2 Å². The predicted octanol–water partition coefficient (Wildman–Crippen LogP) is 2.45. The van der Waals surface area contributed by atoms with Crippen LogP contribution in [0.1, 0.15) is 32.6 Å². The second kappa shape index (κ2) is 6.23. The zero-order valence-electron chi connectivity index (χ0n) is 11.0. The van der Waals surface area contributed by atoms with Gasteiger partial charge in [-0.05, 0) is 19.8 Å². The van der Waals surface area contributed by atoms with Crippen LogP contribution in [0.5, 0.6) is 0 Å². The highest BCUT2D eigenvalue weighted by atomic mass is 35.5. The van der Waals surface area contributed by atoms with Gasteiger partial charge in [-0.1, -0.05) is 0 Å². The van der Waals surface area contributed by atoms with E-state index in [-0.39, 0.29) is 23.6 Å². The molecule has 0 heterocycles. The van der Waals surface area contributed by atoms with Gasteiger partial charge in [-0.25, -0.2) is 0 Å². The lowest BCUT2D eigenvalue weighted by atomic mass is 9.72. The molecule has 1 rings (SSSR count). The van der Waals surface area contributed by atoms with E-state index >= 15 is 0 Å². The van der Waals surface area contributed by atoms with Gasteiger partial charge in [-0.3, -0.25) is 9.59 Å². The highest BCUT2D eigenvalue weighted by Gasteiger charge is 2.44. The number of rotatable bonds is 5. The number of methoxy groups -OCH3 is 2. The van der Waals surface area contributed by atoms with Crippen molar-refractivity contribution in [2.24, 2.45) is 5.41 Å². The van der Waals surface area contributed by atoms with Gasteiger partial charge in [0.15, 0.2) is 5.78 Å². The molecule has 0 fully saturated rings. The number of ketones is 1. The number of carbonyl (C=O) groups excluding carboxylic acids is 2. The lowest BCUT2D eigenvalue weighted by Gasteiger charge is -2.33. The number of hydrogen-bond donors (Lipinski definition) is 0. The van der Waals surface area contributed by atoms with E-state index in [1.807, 2.05) is 6.92 Å². The van der Waals surface area contributed by atoms with E-state index < -0.39 is 5.41 Å². The van der Waals surface area contributed by atoms with Crippen LogP contribution in [-0.4, -0.2) is 31.3 Å². The van der Waals surface area contributed by atoms with Gasteiger partial charge in [-0.2, -0.15) is 0 Å². The molecule has 0 N–H and O–H groups in total. The van der Waals surface area contributed by atoms with Crippen molar-refractivity contribution in [1.29, 1.82) is 0 Å². The summed E-state index contributed by atoms with van der Waals surface area (Å²) in [5, 5.41) is -0.0430. The SMILES string of the molecule is COC(=O)C1(CCC(C)Cl)CC(=O)C=C(OC)C1. The van der Waals surface area contributed by atoms with Crippen LogP contribution in [0, 0.1) is 5.41 Å². The van der Waals surface area contributed by atoms with Crippen molar-refractivity contribution in [3.63, 3.8) is 0 Å². The third-order valence-electron chi connectivity index (χ3n) is 3.25. The van der Waals surface area contributed by atoms with Crippen LogP contribution in [0.25, 0.3) is 0 Å². The molecule has 102 valence electrons. The van der Waals surface area contributed by atoms with Gasteiger partial charge in [0.2, 0.25) is 0 Å². The average molecular weight is 275 g/mol. The van der Waals surface area contributed by atoms with E-state index in [0.717, 1.165) is 0 Å². The lowest BCUT2D eigenvalue weighted by Crippen LogP contribution is -2.38. The number of alkyl halides is 1. The summed E-state index contributed by atoms with van der Waals surface area (Å²) < 4.78 is 9.97. The number of ether oxygens (including phenoxy) is 2. The first-order chi connectivity index (χ1) is 8.43. The molecule has 0 radical (unpaired) electrons. The maximum atomic E-state index is 12.0. The van der Waals surface area contributed by atoms with Gasteiger partial charge in [-0.15, -0.1) is 11.6 Å². The standard InChI is InChI=1S/C13H19ClO4/c1-9(14)4-5-13(12(16)18-3)7-10(15)6-11(8-13)17-2/h6,9H,4-5,7-8H2,1-3H3. The van der Waals surface area contributed by atoms with Gasteiger partial charge in [0.1, 0.15) is 5.76 Å². The van der Waals surface area contributed by atoms with Gasteiger partial charge in [0.05, 0.1) is 19.6 Å². The second-order valence-corrected chi connectivity index (χ2v) is 5.47. The summed E-state index contributed by atoms with van der Waals surface area (Å²) in [6.07, 6.45) is 3.19. The molecule has 5 heteroatoms. The second-order valence-electron chi connectivity index (χ2n) is 4.73. The first kappa shape index (κ1) is 15.0. The van der Waals surface area contributed by atoms with E-state index in [9.17, 15) is 9.59 Å². The highest BCUT2D eigenvalue weighted by Crippen LogP contribution is 2.41. The minimum absolute atomic E-state index is 0.0430. The summed E-state index contributed by atoms with van der Waals surface area (Å²) in [5.41, 5.74) is -0.824. The fourth-order valence-corrected chi connectivity index (χ4v) is 2.37. The molecule has 2 unspecified atom stereocenters. The summed E-state index contributed by atoms with van der Waals surface area (Å²) in [7, 11) is 2.83. The average Bonchev–Trinajstić information content (AvgIpc) is 2.34. The number of hydrogen-bond acceptors (Lipinski definition) is 4. The van der Waals surface area contributed by atoms with E-state index in [0.29, 0.717) is 25.0 Å². The van der Waals surface area contributed by atoms with Crippen LogP contribution in [0.4, 0.5) is 0 Å². The molecule has 4 nitrogen and oxygen atoms in total. The Kier molecular flexibility index (Phi) is 5.20. The van der Waals surface area contributed by atoms with Crippen molar-refractivity contribution in [2.45, 2.75) is 38.0 Å². The lowest BCUT2D eigenvalue weighted by molar-refractivity contribution is -0.156. The minimum atomic E-state index is -0.824. The van der Waals surface area contributed by atoms with Crippen LogP contribution >= 0.6 is 11.6 Å². The maximum absolute atomic E-state index is 12.0. The van der Waals surface area contributed by atoms with E-state index in [1.165, 1.54) is 20.3 Å². The van der Waals surface area contributed by atoms with E-state index in [1.54, 1.807) is 0 Å². The predicted molar refractivity (Wildman–Crippen MR) is 68.3 cm³/mol. The summed E-state index contributed by atoms with van der Waals surface area (Å²) in [6, 6.07) is 0. The van der Waals surface area contributed by atoms with Gasteiger partial charge < -0.3 is 9.47 Å². The molecule has 18 heavy (non-hydrogen) atoms. The molecule has 0 aliphatic heterocycles. The van der Waals surface area contributed by atoms with Gasteiger partial charge >= 0.3 is 5.97 Å². The molecule has 2 atom stereocenters. The van der Waals surface area contributed by atoms with Gasteiger partial charge in [0.25, 0.3) is 0 Å². The summed E-state index contributed by atoms with van der Waals surface area (Å²) in [4.78, 5) is 23.7. The molecule has 0 saturated heterocycles. The summed E-state index contributed by atoms with van der Waals surface area (Å²) in [6.45, 7) is 1.87. The summed E-state index contributed by atoms with van der Waals surface area (Å²) >= 11 is 5.93. The van der Waals surface area contributed by atoms with Crippen molar-refractivity contribution >= 4 is 23.4 Å². The first-order valence-electron chi connectivity index (χ1n) is 5.93. The first-order valence-corrected chi connectivity index (χ1v) is 6.37. The molecule has 0 amide bonds. The maximum Gasteiger partial charge on any atom is 0.312 e. The van der Waals surface area contributed by atoms with Crippen LogP contribution in [0.2, 0.25) is 0 Å². The Morgan fingerprint density at radius 3 is 2.67 bits per heavy atom. The molecule has 0 aromatic carbocycles. The smallest absolute Gasteiger partial charge is 0.312 e. The van der Waals surface area contributed by atoms with E-state index in [2.05, 4.69) is 0 Å². The third-order valence-corrected chi connectivity index (χ3v) is 3.47. The van der Waals surface area contributed by atoms with Crippen molar-refractivity contribution in [1.82, 2.24) is 0 Å². The zero-order chi connectivity index (χ0) is 13.8. The Hall–Kier alpha value is -1.03. The Labute approximate surface area is 112 Å². The van der Waals surface area contributed by atoms with Crippen LogP contribution in [0.15, 0.2) is 11.8 Å². The fourth-order valence-electron chi connectivity index (χ4n) is 2.26. The third kappa shape index (κ3) is 3.48. The molecule has 0 saturated carbocycles. The number of esters is 1. The molecule has 0 aromatic heterocycles. The Bertz CT molecular complexity index is 362. The number of halogens is 1. The number of carbonyl (C=O) groups is 2. The Morgan fingerprint density at radius 2 is 2.17 bits per heavy atom. The normalized spacial score (nSPS) is 25.3. The summed E-state index contributed by atoms with van der Waals surface area (Å²) in [5.74, 6) is 0.0559. The van der Waals surface area contributed by atoms with Gasteiger partial charge in [0, 0.05) is 24.3 Å². The number of allylic oxidation sites excluding steroid dienone is 2. The molecule has 0 bridgehead atoms. The van der Waals surface area contributed by atoms with Crippen molar-refractivity contribution < 1.29 is 19.1 Å². The minimum Gasteiger partial charge on any atom is -0.501 e. The van der Waals surface area contributed by atoms with Crippen LogP contribution in [-0.2, 0) is 19.1 Å². The Balaban J connectivity index is 2.95.